The van der Waals surface area contributed by atoms with Crippen molar-refractivity contribution in [2.24, 2.45) is 0 Å². The van der Waals surface area contributed by atoms with Gasteiger partial charge in [-0.25, -0.2) is 4.39 Å². The first-order chi connectivity index (χ1) is 7.63. The molecule has 0 spiro atoms. The molecule has 0 bridgehead atoms. The van der Waals surface area contributed by atoms with Crippen molar-refractivity contribution >= 4 is 37.9 Å². The molecule has 0 unspecified atom stereocenters. The van der Waals surface area contributed by atoms with Gasteiger partial charge < -0.3 is 4.74 Å². The molecule has 0 amide bonds. The van der Waals surface area contributed by atoms with Crippen molar-refractivity contribution < 1.29 is 9.13 Å². The molecule has 0 aliphatic heterocycles. The van der Waals surface area contributed by atoms with E-state index in [0.717, 1.165) is 12.8 Å². The van der Waals surface area contributed by atoms with E-state index in [1.165, 1.54) is 6.07 Å². The first kappa shape index (κ1) is 13.7. The lowest BCUT2D eigenvalue weighted by Gasteiger charge is -2.06. The summed E-state index contributed by atoms with van der Waals surface area (Å²) in [5, 5.41) is 0. The molecule has 0 aliphatic carbocycles. The molecule has 88 valence electrons. The van der Waals surface area contributed by atoms with Crippen LogP contribution in [-0.4, -0.2) is 6.61 Å². The lowest BCUT2D eigenvalue weighted by molar-refractivity contribution is 0.308. The van der Waals surface area contributed by atoms with Crippen LogP contribution in [0.4, 0.5) is 4.39 Å². The molecular formula is C12H13Br2FO. The summed E-state index contributed by atoms with van der Waals surface area (Å²) in [7, 11) is 0. The van der Waals surface area contributed by atoms with Crippen molar-refractivity contribution in [3.05, 3.63) is 33.0 Å². The van der Waals surface area contributed by atoms with Crippen LogP contribution >= 0.6 is 31.9 Å². The summed E-state index contributed by atoms with van der Waals surface area (Å²) in [6.07, 6.45) is 3.71. The third-order valence-corrected chi connectivity index (χ3v) is 2.46. The molecule has 1 rings (SSSR count). The minimum Gasteiger partial charge on any atom is -0.493 e. The number of benzene rings is 1. The van der Waals surface area contributed by atoms with Crippen LogP contribution in [0.2, 0.25) is 0 Å². The predicted octanol–water partition coefficient (Wildman–Crippen LogP) is 5.09. The largest absolute Gasteiger partial charge is 0.493 e. The standard InChI is InChI=1S/C12H13Br2FO/c1-2-3-6-16-10-5-4-9(7-12(13)14)11(15)8-10/h4-5,7-8H,2-3,6H2,1H3. The molecule has 0 atom stereocenters. The Bertz CT molecular complexity index is 373. The highest BCUT2D eigenvalue weighted by Crippen LogP contribution is 2.23. The monoisotopic (exact) mass is 350 g/mol. The van der Waals surface area contributed by atoms with Crippen LogP contribution in [0.5, 0.6) is 5.75 Å². The maximum absolute atomic E-state index is 13.6. The number of unbranched alkanes of at least 4 members (excludes halogenated alkanes) is 1. The van der Waals surface area contributed by atoms with E-state index in [1.807, 2.05) is 0 Å². The molecule has 0 heterocycles. The fourth-order valence-electron chi connectivity index (χ4n) is 1.17. The lowest BCUT2D eigenvalue weighted by atomic mass is 10.2. The summed E-state index contributed by atoms with van der Waals surface area (Å²) in [5.74, 6) is 0.291. The van der Waals surface area contributed by atoms with Gasteiger partial charge in [-0.2, -0.15) is 0 Å². The van der Waals surface area contributed by atoms with Gasteiger partial charge in [-0.05, 0) is 56.5 Å². The van der Waals surface area contributed by atoms with E-state index < -0.39 is 0 Å². The first-order valence-electron chi connectivity index (χ1n) is 5.08. The minimum atomic E-state index is -0.287. The van der Waals surface area contributed by atoms with E-state index in [4.69, 9.17) is 4.74 Å². The number of ether oxygens (including phenoxy) is 1. The maximum atomic E-state index is 13.6. The second-order valence-corrected chi connectivity index (χ2v) is 6.09. The van der Waals surface area contributed by atoms with Crippen LogP contribution in [0.3, 0.4) is 0 Å². The maximum Gasteiger partial charge on any atom is 0.134 e. The molecule has 0 fully saturated rings. The molecular weight excluding hydrogens is 339 g/mol. The molecule has 0 aromatic heterocycles. The van der Waals surface area contributed by atoms with Crippen molar-refractivity contribution in [3.63, 3.8) is 0 Å². The second kappa shape index (κ2) is 7.07. The lowest BCUT2D eigenvalue weighted by Crippen LogP contribution is -1.97. The van der Waals surface area contributed by atoms with E-state index in [0.29, 0.717) is 21.3 Å². The van der Waals surface area contributed by atoms with Crippen LogP contribution < -0.4 is 4.74 Å². The molecule has 1 aromatic carbocycles. The Balaban J connectivity index is 2.71. The molecule has 1 aromatic rings. The average Bonchev–Trinajstić information content (AvgIpc) is 2.22. The van der Waals surface area contributed by atoms with E-state index >= 15 is 0 Å². The summed E-state index contributed by atoms with van der Waals surface area (Å²) in [6, 6.07) is 4.87. The Labute approximate surface area is 112 Å². The first-order valence-corrected chi connectivity index (χ1v) is 6.67. The second-order valence-electron chi connectivity index (χ2n) is 3.32. The van der Waals surface area contributed by atoms with Crippen molar-refractivity contribution in [3.8, 4) is 5.75 Å². The molecule has 0 saturated carbocycles. The molecule has 1 nitrogen and oxygen atoms in total. The minimum absolute atomic E-state index is 0.287. The Morgan fingerprint density at radius 2 is 2.19 bits per heavy atom. The zero-order chi connectivity index (χ0) is 12.0. The fourth-order valence-corrected chi connectivity index (χ4v) is 1.66. The zero-order valence-electron chi connectivity index (χ0n) is 8.97. The van der Waals surface area contributed by atoms with Gasteiger partial charge in [-0.15, -0.1) is 0 Å². The number of rotatable bonds is 5. The summed E-state index contributed by atoms with van der Waals surface area (Å²) < 4.78 is 19.7. The van der Waals surface area contributed by atoms with Gasteiger partial charge in [-0.1, -0.05) is 13.3 Å². The number of halogens is 3. The van der Waals surface area contributed by atoms with Crippen molar-refractivity contribution in [1.82, 2.24) is 0 Å². The van der Waals surface area contributed by atoms with Crippen molar-refractivity contribution in [1.29, 1.82) is 0 Å². The smallest absolute Gasteiger partial charge is 0.134 e. The van der Waals surface area contributed by atoms with Gasteiger partial charge in [0.25, 0.3) is 0 Å². The summed E-state index contributed by atoms with van der Waals surface area (Å²) in [6.45, 7) is 2.72. The number of hydrogen-bond donors (Lipinski definition) is 0. The van der Waals surface area contributed by atoms with Gasteiger partial charge in [0.15, 0.2) is 0 Å². The van der Waals surface area contributed by atoms with Crippen LogP contribution in [0.15, 0.2) is 21.6 Å². The molecule has 0 aliphatic rings. The van der Waals surface area contributed by atoms with Gasteiger partial charge >= 0.3 is 0 Å². The highest BCUT2D eigenvalue weighted by atomic mass is 79.9. The Hall–Kier alpha value is -0.350. The SMILES string of the molecule is CCCCOc1ccc(C=C(Br)Br)c(F)c1. The van der Waals surface area contributed by atoms with E-state index in [2.05, 4.69) is 38.8 Å². The normalized spacial score (nSPS) is 10.0. The molecule has 0 radical (unpaired) electrons. The topological polar surface area (TPSA) is 9.23 Å². The van der Waals surface area contributed by atoms with E-state index in [-0.39, 0.29) is 5.82 Å². The van der Waals surface area contributed by atoms with E-state index in [1.54, 1.807) is 18.2 Å². The average molecular weight is 352 g/mol. The van der Waals surface area contributed by atoms with Crippen molar-refractivity contribution in [2.75, 3.05) is 6.61 Å². The van der Waals surface area contributed by atoms with Crippen LogP contribution in [0.1, 0.15) is 25.3 Å². The zero-order valence-corrected chi connectivity index (χ0v) is 12.1. The van der Waals surface area contributed by atoms with Crippen molar-refractivity contribution in [2.45, 2.75) is 19.8 Å². The van der Waals surface area contributed by atoms with Gasteiger partial charge in [0.1, 0.15) is 11.6 Å². The summed E-state index contributed by atoms with van der Waals surface area (Å²) in [4.78, 5) is 0. The predicted molar refractivity (Wildman–Crippen MR) is 72.6 cm³/mol. The Morgan fingerprint density at radius 3 is 2.75 bits per heavy atom. The third-order valence-electron chi connectivity index (χ3n) is 2.00. The Morgan fingerprint density at radius 1 is 1.44 bits per heavy atom. The number of hydrogen-bond acceptors (Lipinski definition) is 1. The molecule has 16 heavy (non-hydrogen) atoms. The van der Waals surface area contributed by atoms with Crippen LogP contribution in [0.25, 0.3) is 6.08 Å². The summed E-state index contributed by atoms with van der Waals surface area (Å²) in [5.41, 5.74) is 0.520. The van der Waals surface area contributed by atoms with Gasteiger partial charge in [0.05, 0.1) is 10.00 Å². The van der Waals surface area contributed by atoms with Gasteiger partial charge in [0.2, 0.25) is 0 Å². The fraction of sp³-hybridized carbons (Fsp3) is 0.333. The highest BCUT2D eigenvalue weighted by Gasteiger charge is 2.02. The highest BCUT2D eigenvalue weighted by molar-refractivity contribution is 9.28. The Kier molecular flexibility index (Phi) is 6.06. The van der Waals surface area contributed by atoms with Crippen LogP contribution in [0, 0.1) is 5.82 Å². The summed E-state index contributed by atoms with van der Waals surface area (Å²) >= 11 is 6.39. The molecule has 0 saturated heterocycles. The van der Waals surface area contributed by atoms with Gasteiger partial charge in [0, 0.05) is 11.6 Å². The molecule has 4 heteroatoms. The third kappa shape index (κ3) is 4.66. The van der Waals surface area contributed by atoms with Gasteiger partial charge in [-0.3, -0.25) is 0 Å². The van der Waals surface area contributed by atoms with Crippen LogP contribution in [-0.2, 0) is 0 Å². The molecule has 0 N–H and O–H groups in total. The quantitative estimate of drug-likeness (QED) is 0.671. The van der Waals surface area contributed by atoms with E-state index in [9.17, 15) is 4.39 Å².